The Morgan fingerprint density at radius 1 is 0.455 bits per heavy atom. The molecule has 0 radical (unpaired) electrons. The topological polar surface area (TPSA) is 26.6 Å². The number of benzene rings is 8. The summed E-state index contributed by atoms with van der Waals surface area (Å²) in [5, 5.41) is 2.24. The molecule has 2 aliphatic rings. The van der Waals surface area contributed by atoms with Crippen molar-refractivity contribution in [3.63, 3.8) is 0 Å². The molecule has 1 aliphatic carbocycles. The number of fused-ring (bicyclic) bond motifs is 9. The molecule has 4 nitrogen and oxygen atoms in total. The van der Waals surface area contributed by atoms with Crippen LogP contribution in [0.4, 0.5) is 17.1 Å². The van der Waals surface area contributed by atoms with E-state index in [1.165, 1.54) is 33.4 Å². The molecule has 0 N–H and O–H groups in total. The standard InChI is InChI=1S/C51H36N2O2/c1-51(2)43-18-10-9-17-39(43)40-27-25-37(31-44(40)51)52(36-23-21-34(22-24-36)33-13-5-3-6-14-33)38-26-28-41-42-29-30-48-50(55-47-20-12-11-19-46(47)54-48)49(42)53(45(41)32-38)35-15-7-4-8-16-35/h3-32H,1-2H3. The third-order valence-electron chi connectivity index (χ3n) is 11.4. The molecule has 55 heavy (non-hydrogen) atoms. The molecule has 0 unspecified atom stereocenters. The zero-order valence-corrected chi connectivity index (χ0v) is 30.5. The third kappa shape index (κ3) is 4.85. The van der Waals surface area contributed by atoms with Gasteiger partial charge in [0.1, 0.15) is 5.52 Å². The van der Waals surface area contributed by atoms with Gasteiger partial charge in [-0.1, -0.05) is 123 Å². The fourth-order valence-electron chi connectivity index (χ4n) is 8.77. The fraction of sp³-hybridized carbons (Fsp3) is 0.0588. The summed E-state index contributed by atoms with van der Waals surface area (Å²) in [6.45, 7) is 4.69. The zero-order chi connectivity index (χ0) is 36.7. The summed E-state index contributed by atoms with van der Waals surface area (Å²) in [5.74, 6) is 2.84. The van der Waals surface area contributed by atoms with Gasteiger partial charge in [-0.2, -0.15) is 0 Å². The molecule has 1 aromatic heterocycles. The Hall–Kier alpha value is -7.04. The predicted octanol–water partition coefficient (Wildman–Crippen LogP) is 14.1. The lowest BCUT2D eigenvalue weighted by Gasteiger charge is -2.28. The SMILES string of the molecule is CC1(C)c2ccccc2-c2ccc(N(c3ccc(-c4ccccc4)cc3)c3ccc4c5ccc6c(c5n(-c5ccccc5)c4c3)Oc3ccccc3O6)cc21. The van der Waals surface area contributed by atoms with Gasteiger partial charge in [-0.25, -0.2) is 0 Å². The maximum Gasteiger partial charge on any atom is 0.194 e. The van der Waals surface area contributed by atoms with Gasteiger partial charge in [0.15, 0.2) is 23.0 Å². The lowest BCUT2D eigenvalue weighted by Crippen LogP contribution is -2.16. The number of anilines is 3. The quantitative estimate of drug-likeness (QED) is 0.178. The lowest BCUT2D eigenvalue weighted by atomic mass is 9.82. The van der Waals surface area contributed by atoms with Gasteiger partial charge in [-0.15, -0.1) is 0 Å². The molecule has 0 fully saturated rings. The van der Waals surface area contributed by atoms with E-state index in [4.69, 9.17) is 9.47 Å². The second-order valence-electron chi connectivity index (χ2n) is 15.0. The van der Waals surface area contributed by atoms with E-state index in [2.05, 4.69) is 175 Å². The summed E-state index contributed by atoms with van der Waals surface area (Å²) in [6, 6.07) is 64.7. The first-order chi connectivity index (χ1) is 27.0. The van der Waals surface area contributed by atoms with Crippen LogP contribution in [0.5, 0.6) is 23.0 Å². The number of para-hydroxylation sites is 3. The zero-order valence-electron chi connectivity index (χ0n) is 30.5. The lowest BCUT2D eigenvalue weighted by molar-refractivity contribution is 0.362. The van der Waals surface area contributed by atoms with E-state index < -0.39 is 0 Å². The van der Waals surface area contributed by atoms with Crippen molar-refractivity contribution in [3.05, 3.63) is 193 Å². The van der Waals surface area contributed by atoms with Crippen LogP contribution < -0.4 is 14.4 Å². The molecule has 0 bridgehead atoms. The minimum absolute atomic E-state index is 0.131. The van der Waals surface area contributed by atoms with E-state index in [-0.39, 0.29) is 5.41 Å². The Kier molecular flexibility index (Phi) is 6.86. The summed E-state index contributed by atoms with van der Waals surface area (Å²) < 4.78 is 15.4. The van der Waals surface area contributed by atoms with Crippen LogP contribution in [0.15, 0.2) is 182 Å². The van der Waals surface area contributed by atoms with Crippen LogP contribution in [-0.2, 0) is 5.41 Å². The van der Waals surface area contributed by atoms with Gasteiger partial charge in [0, 0.05) is 38.9 Å². The summed E-state index contributed by atoms with van der Waals surface area (Å²) in [5.41, 5.74) is 13.9. The Morgan fingerprint density at radius 3 is 1.85 bits per heavy atom. The number of nitrogens with zero attached hydrogens (tertiary/aromatic N) is 2. The number of hydrogen-bond acceptors (Lipinski definition) is 3. The number of ether oxygens (including phenoxy) is 2. The van der Waals surface area contributed by atoms with E-state index >= 15 is 0 Å². The molecule has 2 heterocycles. The van der Waals surface area contributed by atoms with E-state index in [9.17, 15) is 0 Å². The molecular weight excluding hydrogens is 673 g/mol. The first-order valence-electron chi connectivity index (χ1n) is 18.8. The maximum absolute atomic E-state index is 6.68. The van der Waals surface area contributed by atoms with Crippen molar-refractivity contribution in [2.24, 2.45) is 0 Å². The molecule has 0 amide bonds. The molecule has 262 valence electrons. The van der Waals surface area contributed by atoms with Crippen LogP contribution in [0.25, 0.3) is 49.7 Å². The van der Waals surface area contributed by atoms with Crippen LogP contribution >= 0.6 is 0 Å². The van der Waals surface area contributed by atoms with Crippen molar-refractivity contribution in [3.8, 4) is 50.9 Å². The van der Waals surface area contributed by atoms with E-state index in [1.54, 1.807) is 0 Å². The van der Waals surface area contributed by atoms with Crippen LogP contribution in [-0.4, -0.2) is 4.57 Å². The van der Waals surface area contributed by atoms with Gasteiger partial charge < -0.3 is 18.9 Å². The molecule has 0 saturated carbocycles. The Balaban J connectivity index is 1.14. The summed E-state index contributed by atoms with van der Waals surface area (Å²) >= 11 is 0. The van der Waals surface area contributed by atoms with Crippen LogP contribution in [0, 0.1) is 0 Å². The van der Waals surface area contributed by atoms with Crippen molar-refractivity contribution in [2.45, 2.75) is 19.3 Å². The van der Waals surface area contributed by atoms with Crippen LogP contribution in [0.2, 0.25) is 0 Å². The molecule has 9 aromatic rings. The minimum Gasteiger partial charge on any atom is -0.449 e. The first-order valence-corrected chi connectivity index (χ1v) is 18.8. The second-order valence-corrected chi connectivity index (χ2v) is 15.0. The Morgan fingerprint density at radius 2 is 1.05 bits per heavy atom. The summed E-state index contributed by atoms with van der Waals surface area (Å²) in [6.07, 6.45) is 0. The van der Waals surface area contributed by atoms with Crippen molar-refractivity contribution < 1.29 is 9.47 Å². The molecule has 0 atom stereocenters. The highest BCUT2D eigenvalue weighted by molar-refractivity contribution is 6.13. The van der Waals surface area contributed by atoms with Gasteiger partial charge in [-0.05, 0) is 106 Å². The van der Waals surface area contributed by atoms with E-state index in [1.807, 2.05) is 30.3 Å². The number of hydrogen-bond donors (Lipinski definition) is 0. The van der Waals surface area contributed by atoms with Crippen molar-refractivity contribution in [1.82, 2.24) is 4.57 Å². The molecule has 0 saturated heterocycles. The molecular formula is C51H36N2O2. The summed E-state index contributed by atoms with van der Waals surface area (Å²) in [4.78, 5) is 2.39. The largest absolute Gasteiger partial charge is 0.449 e. The minimum atomic E-state index is -0.131. The van der Waals surface area contributed by atoms with Gasteiger partial charge in [-0.3, -0.25) is 0 Å². The first kappa shape index (κ1) is 31.5. The van der Waals surface area contributed by atoms with Gasteiger partial charge in [0.25, 0.3) is 0 Å². The van der Waals surface area contributed by atoms with Gasteiger partial charge in [0.05, 0.1) is 5.52 Å². The highest BCUT2D eigenvalue weighted by Crippen LogP contribution is 2.53. The van der Waals surface area contributed by atoms with E-state index in [0.29, 0.717) is 23.0 Å². The normalized spacial score (nSPS) is 13.3. The molecule has 0 spiro atoms. The van der Waals surface area contributed by atoms with Gasteiger partial charge >= 0.3 is 0 Å². The average molecular weight is 709 g/mol. The summed E-state index contributed by atoms with van der Waals surface area (Å²) in [7, 11) is 0. The average Bonchev–Trinajstić information content (AvgIpc) is 3.69. The molecule has 8 aromatic carbocycles. The molecule has 4 heteroatoms. The number of rotatable bonds is 5. The number of aromatic nitrogens is 1. The molecule has 1 aliphatic heterocycles. The van der Waals surface area contributed by atoms with Crippen LogP contribution in [0.3, 0.4) is 0 Å². The van der Waals surface area contributed by atoms with Crippen molar-refractivity contribution >= 4 is 38.9 Å². The highest BCUT2D eigenvalue weighted by Gasteiger charge is 2.36. The molecule has 11 rings (SSSR count). The second kappa shape index (κ2) is 12.0. The van der Waals surface area contributed by atoms with Crippen molar-refractivity contribution in [1.29, 1.82) is 0 Å². The van der Waals surface area contributed by atoms with Crippen LogP contribution in [0.1, 0.15) is 25.0 Å². The van der Waals surface area contributed by atoms with E-state index in [0.717, 1.165) is 44.6 Å². The monoisotopic (exact) mass is 708 g/mol. The Bertz CT molecular complexity index is 2940. The third-order valence-corrected chi connectivity index (χ3v) is 11.4. The fourth-order valence-corrected chi connectivity index (χ4v) is 8.77. The van der Waals surface area contributed by atoms with Gasteiger partial charge in [0.2, 0.25) is 0 Å². The predicted molar refractivity (Wildman–Crippen MR) is 225 cm³/mol. The highest BCUT2D eigenvalue weighted by atomic mass is 16.6. The van der Waals surface area contributed by atoms with Crippen molar-refractivity contribution in [2.75, 3.05) is 4.90 Å². The Labute approximate surface area is 320 Å². The smallest absolute Gasteiger partial charge is 0.194 e. The maximum atomic E-state index is 6.68.